The summed E-state index contributed by atoms with van der Waals surface area (Å²) in [5.41, 5.74) is 1.59. The van der Waals surface area contributed by atoms with Gasteiger partial charge in [0.25, 0.3) is 0 Å². The molecule has 0 radical (unpaired) electrons. The first kappa shape index (κ1) is 24.1. The van der Waals surface area contributed by atoms with E-state index in [0.29, 0.717) is 5.56 Å². The Morgan fingerprint density at radius 3 is 2.55 bits per heavy atom. The standard InChI is InChI=1S/C21H21N3O7S2/c1-3-30-17-10-14(12-22-24-21-23-20(27)18(32-21)11-19(25)26)6-9-16(17)31-33(28,29)15-7-4-13(2)5-8-15/h4-10,27H,3,11-12H2,1-2H3,(H,25,26). The van der Waals surface area contributed by atoms with Gasteiger partial charge in [-0.25, -0.2) is 0 Å². The van der Waals surface area contributed by atoms with E-state index in [1.807, 2.05) is 6.92 Å². The second kappa shape index (κ2) is 10.4. The Kier molecular flexibility index (Phi) is 7.61. The average molecular weight is 492 g/mol. The molecule has 0 amide bonds. The Labute approximate surface area is 194 Å². The summed E-state index contributed by atoms with van der Waals surface area (Å²) < 4.78 is 36.0. The van der Waals surface area contributed by atoms with Crippen LogP contribution in [0.15, 0.2) is 57.6 Å². The number of ether oxygens (including phenoxy) is 1. The summed E-state index contributed by atoms with van der Waals surface area (Å²) in [6, 6.07) is 11.0. The van der Waals surface area contributed by atoms with Gasteiger partial charge in [0.2, 0.25) is 11.0 Å². The molecule has 10 nitrogen and oxygen atoms in total. The van der Waals surface area contributed by atoms with E-state index in [4.69, 9.17) is 14.0 Å². The van der Waals surface area contributed by atoms with Crippen molar-refractivity contribution in [3.63, 3.8) is 0 Å². The number of rotatable bonds is 10. The third kappa shape index (κ3) is 6.49. The lowest BCUT2D eigenvalue weighted by Gasteiger charge is -2.13. The predicted octanol–water partition coefficient (Wildman–Crippen LogP) is 4.23. The normalized spacial score (nSPS) is 11.6. The lowest BCUT2D eigenvalue weighted by molar-refractivity contribution is -0.136. The molecule has 3 aromatic rings. The van der Waals surface area contributed by atoms with Gasteiger partial charge in [-0.3, -0.25) is 4.79 Å². The molecule has 0 aliphatic carbocycles. The number of aromatic nitrogens is 1. The summed E-state index contributed by atoms with van der Waals surface area (Å²) >= 11 is 0.928. The van der Waals surface area contributed by atoms with Crippen LogP contribution in [0.3, 0.4) is 0 Å². The minimum atomic E-state index is -4.04. The topological polar surface area (TPSA) is 148 Å². The molecule has 1 heterocycles. The fraction of sp³-hybridized carbons (Fsp3) is 0.238. The molecular weight excluding hydrogens is 470 g/mol. The summed E-state index contributed by atoms with van der Waals surface area (Å²) in [6.45, 7) is 4.01. The zero-order chi connectivity index (χ0) is 24.0. The average Bonchev–Trinajstić information content (AvgIpc) is 3.08. The molecule has 0 bridgehead atoms. The number of carbonyl (C=O) groups is 1. The number of nitrogens with zero attached hydrogens (tertiary/aromatic N) is 3. The van der Waals surface area contributed by atoms with Crippen molar-refractivity contribution < 1.29 is 32.3 Å². The first-order chi connectivity index (χ1) is 15.7. The summed E-state index contributed by atoms with van der Waals surface area (Å²) in [5.74, 6) is -1.20. The largest absolute Gasteiger partial charge is 0.492 e. The number of benzene rings is 2. The molecule has 1 aromatic heterocycles. The third-order valence-electron chi connectivity index (χ3n) is 4.20. The van der Waals surface area contributed by atoms with Crippen LogP contribution in [0.2, 0.25) is 0 Å². The second-order valence-electron chi connectivity index (χ2n) is 6.78. The van der Waals surface area contributed by atoms with Gasteiger partial charge in [-0.2, -0.15) is 18.5 Å². The minimum Gasteiger partial charge on any atom is -0.492 e. The van der Waals surface area contributed by atoms with Crippen molar-refractivity contribution in [2.24, 2.45) is 10.2 Å². The number of carboxylic acids is 1. The highest BCUT2D eigenvalue weighted by Crippen LogP contribution is 2.33. The SMILES string of the molecule is CCOc1cc(CN=Nc2nc(O)c(CC(=O)O)s2)ccc1OS(=O)(=O)c1ccc(C)cc1. The Morgan fingerprint density at radius 1 is 1.15 bits per heavy atom. The van der Waals surface area contributed by atoms with Crippen molar-refractivity contribution in [2.45, 2.75) is 31.7 Å². The zero-order valence-electron chi connectivity index (χ0n) is 17.8. The Hall–Kier alpha value is -3.51. The van der Waals surface area contributed by atoms with Gasteiger partial charge in [-0.05, 0) is 43.7 Å². The van der Waals surface area contributed by atoms with Crippen LogP contribution < -0.4 is 8.92 Å². The highest BCUT2D eigenvalue weighted by atomic mass is 32.2. The molecule has 0 aliphatic rings. The van der Waals surface area contributed by atoms with Crippen LogP contribution in [0.25, 0.3) is 0 Å². The van der Waals surface area contributed by atoms with Gasteiger partial charge in [-0.15, -0.1) is 5.11 Å². The Bertz CT molecular complexity index is 1270. The van der Waals surface area contributed by atoms with Crippen molar-refractivity contribution in [2.75, 3.05) is 6.61 Å². The lowest BCUT2D eigenvalue weighted by atomic mass is 10.2. The van der Waals surface area contributed by atoms with Gasteiger partial charge >= 0.3 is 16.1 Å². The number of azo groups is 1. The lowest BCUT2D eigenvalue weighted by Crippen LogP contribution is -2.11. The summed E-state index contributed by atoms with van der Waals surface area (Å²) in [7, 11) is -4.04. The smallest absolute Gasteiger partial charge is 0.339 e. The van der Waals surface area contributed by atoms with Crippen molar-refractivity contribution in [3.05, 3.63) is 58.5 Å². The molecule has 12 heteroatoms. The second-order valence-corrected chi connectivity index (χ2v) is 9.39. The zero-order valence-corrected chi connectivity index (χ0v) is 19.4. The highest BCUT2D eigenvalue weighted by Gasteiger charge is 2.19. The number of aliphatic carboxylic acids is 1. The first-order valence-electron chi connectivity index (χ1n) is 9.72. The molecule has 0 spiro atoms. The molecule has 3 rings (SSSR count). The van der Waals surface area contributed by atoms with E-state index >= 15 is 0 Å². The molecule has 33 heavy (non-hydrogen) atoms. The molecule has 0 saturated heterocycles. The third-order valence-corrected chi connectivity index (χ3v) is 6.38. The monoisotopic (exact) mass is 491 g/mol. The predicted molar refractivity (Wildman–Crippen MR) is 120 cm³/mol. The van der Waals surface area contributed by atoms with Crippen LogP contribution in [0.5, 0.6) is 17.4 Å². The van der Waals surface area contributed by atoms with E-state index < -0.39 is 16.1 Å². The molecular formula is C21H21N3O7S2. The quantitative estimate of drug-likeness (QED) is 0.316. The molecule has 0 atom stereocenters. The maximum atomic E-state index is 12.6. The maximum absolute atomic E-state index is 12.6. The van der Waals surface area contributed by atoms with E-state index in [0.717, 1.165) is 16.9 Å². The summed E-state index contributed by atoms with van der Waals surface area (Å²) in [4.78, 5) is 14.8. The van der Waals surface area contributed by atoms with Crippen LogP contribution in [0.4, 0.5) is 5.13 Å². The molecule has 2 aromatic carbocycles. The summed E-state index contributed by atoms with van der Waals surface area (Å²) in [5, 5.41) is 26.5. The first-order valence-corrected chi connectivity index (χ1v) is 11.9. The number of thiazole rings is 1. The van der Waals surface area contributed by atoms with E-state index in [2.05, 4.69) is 15.2 Å². The number of hydrogen-bond acceptors (Lipinski definition) is 10. The van der Waals surface area contributed by atoms with Crippen molar-refractivity contribution >= 4 is 32.6 Å². The van der Waals surface area contributed by atoms with E-state index in [1.165, 1.54) is 18.2 Å². The van der Waals surface area contributed by atoms with E-state index in [-0.39, 0.29) is 51.9 Å². The minimum absolute atomic E-state index is 0.0300. The fourth-order valence-corrected chi connectivity index (χ4v) is 4.39. The van der Waals surface area contributed by atoms with Gasteiger partial charge in [0.1, 0.15) is 4.90 Å². The van der Waals surface area contributed by atoms with Crippen LogP contribution >= 0.6 is 11.3 Å². The van der Waals surface area contributed by atoms with Gasteiger partial charge in [0.05, 0.1) is 24.4 Å². The van der Waals surface area contributed by atoms with Gasteiger partial charge in [0.15, 0.2) is 11.5 Å². The van der Waals surface area contributed by atoms with Gasteiger partial charge in [-0.1, -0.05) is 35.1 Å². The van der Waals surface area contributed by atoms with Crippen LogP contribution in [0, 0.1) is 6.92 Å². The van der Waals surface area contributed by atoms with Crippen molar-refractivity contribution in [1.82, 2.24) is 4.98 Å². The van der Waals surface area contributed by atoms with E-state index in [1.54, 1.807) is 31.2 Å². The highest BCUT2D eigenvalue weighted by molar-refractivity contribution is 7.87. The number of aryl methyl sites for hydroxylation is 1. The van der Waals surface area contributed by atoms with Crippen LogP contribution in [-0.2, 0) is 27.9 Å². The molecule has 0 aliphatic heterocycles. The Balaban J connectivity index is 1.75. The fourth-order valence-electron chi connectivity index (χ4n) is 2.66. The molecule has 0 unspecified atom stereocenters. The number of aromatic hydroxyl groups is 1. The summed E-state index contributed by atoms with van der Waals surface area (Å²) in [6.07, 6.45) is -0.357. The van der Waals surface area contributed by atoms with Gasteiger partial charge < -0.3 is 19.1 Å². The maximum Gasteiger partial charge on any atom is 0.339 e. The molecule has 0 saturated carbocycles. The van der Waals surface area contributed by atoms with E-state index in [9.17, 15) is 18.3 Å². The van der Waals surface area contributed by atoms with Crippen LogP contribution in [-0.4, -0.2) is 36.2 Å². The number of carboxylic acid groups (broad SMARTS) is 1. The molecule has 174 valence electrons. The van der Waals surface area contributed by atoms with Gasteiger partial charge in [0, 0.05) is 0 Å². The van der Waals surface area contributed by atoms with Crippen molar-refractivity contribution in [1.29, 1.82) is 0 Å². The molecule has 0 fully saturated rings. The molecule has 2 N–H and O–H groups in total. The Morgan fingerprint density at radius 2 is 1.88 bits per heavy atom. The number of hydrogen-bond donors (Lipinski definition) is 2. The van der Waals surface area contributed by atoms with Crippen LogP contribution in [0.1, 0.15) is 22.9 Å². The van der Waals surface area contributed by atoms with Crippen molar-refractivity contribution in [3.8, 4) is 17.4 Å².